The lowest BCUT2D eigenvalue weighted by Gasteiger charge is -2.27. The number of sulfone groups is 1. The highest BCUT2D eigenvalue weighted by Crippen LogP contribution is 2.40. The molecule has 178 valence electrons. The summed E-state index contributed by atoms with van der Waals surface area (Å²) in [6.45, 7) is 6.28. The van der Waals surface area contributed by atoms with Crippen LogP contribution >= 0.6 is 0 Å². The van der Waals surface area contributed by atoms with Crippen LogP contribution in [0.5, 0.6) is 0 Å². The van der Waals surface area contributed by atoms with E-state index in [1.165, 1.54) is 11.0 Å². The van der Waals surface area contributed by atoms with E-state index in [9.17, 15) is 18.0 Å². The van der Waals surface area contributed by atoms with Gasteiger partial charge < -0.3 is 15.0 Å². The summed E-state index contributed by atoms with van der Waals surface area (Å²) >= 11 is 0. The molecule has 1 aromatic heterocycles. The number of aryl methyl sites for hydroxylation is 2. The van der Waals surface area contributed by atoms with Crippen molar-refractivity contribution >= 4 is 38.2 Å². The molecule has 2 aliphatic heterocycles. The Hall–Kier alpha value is -3.37. The number of nitrogens with zero attached hydrogens (tertiary/aromatic N) is 3. The standard InChI is InChI=1S/C24H26N4O5S/c1-3-27-18-10-9-16(15-19(18)28(4-2)24(27)30)25-21-17-7-5-6-8-20(17)34(31,32)22(21)23(29)26-11-13-33-14-12-26/h5-10,15,25H,3-4,11-14H2,1-2H3. The first-order valence-electron chi connectivity index (χ1n) is 11.3. The van der Waals surface area contributed by atoms with E-state index < -0.39 is 15.7 Å². The van der Waals surface area contributed by atoms with Gasteiger partial charge in [-0.25, -0.2) is 13.2 Å². The number of hydrogen-bond donors (Lipinski definition) is 1. The maximum absolute atomic E-state index is 13.4. The predicted molar refractivity (Wildman–Crippen MR) is 129 cm³/mol. The Morgan fingerprint density at radius 3 is 2.38 bits per heavy atom. The lowest BCUT2D eigenvalue weighted by atomic mass is 10.1. The maximum atomic E-state index is 13.4. The molecule has 0 bridgehead atoms. The third-order valence-corrected chi connectivity index (χ3v) is 8.21. The van der Waals surface area contributed by atoms with Crippen molar-refractivity contribution in [2.24, 2.45) is 0 Å². The van der Waals surface area contributed by atoms with Gasteiger partial charge in [0.2, 0.25) is 9.84 Å². The van der Waals surface area contributed by atoms with Crippen LogP contribution in [-0.4, -0.2) is 54.7 Å². The van der Waals surface area contributed by atoms with Crippen LogP contribution in [0.2, 0.25) is 0 Å². The number of rotatable bonds is 5. The summed E-state index contributed by atoms with van der Waals surface area (Å²) in [5.41, 5.74) is 2.77. The molecule has 0 spiro atoms. The van der Waals surface area contributed by atoms with E-state index in [1.54, 1.807) is 33.4 Å². The number of anilines is 1. The van der Waals surface area contributed by atoms with Gasteiger partial charge in [-0.3, -0.25) is 13.9 Å². The van der Waals surface area contributed by atoms with Gasteiger partial charge in [0.25, 0.3) is 5.91 Å². The molecule has 1 fully saturated rings. The average molecular weight is 483 g/mol. The maximum Gasteiger partial charge on any atom is 0.329 e. The molecule has 0 atom stereocenters. The molecule has 9 nitrogen and oxygen atoms in total. The van der Waals surface area contributed by atoms with Gasteiger partial charge in [-0.1, -0.05) is 18.2 Å². The Morgan fingerprint density at radius 2 is 1.68 bits per heavy atom. The van der Waals surface area contributed by atoms with Crippen molar-refractivity contribution in [3.05, 3.63) is 63.4 Å². The summed E-state index contributed by atoms with van der Waals surface area (Å²) in [4.78, 5) is 27.5. The zero-order chi connectivity index (χ0) is 24.0. The molecule has 0 saturated carbocycles. The van der Waals surface area contributed by atoms with Crippen LogP contribution in [0, 0.1) is 0 Å². The van der Waals surface area contributed by atoms with Gasteiger partial charge in [0, 0.05) is 37.4 Å². The van der Waals surface area contributed by atoms with Crippen LogP contribution in [0.3, 0.4) is 0 Å². The number of imidazole rings is 1. The van der Waals surface area contributed by atoms with Crippen LogP contribution in [0.4, 0.5) is 5.69 Å². The number of amides is 1. The van der Waals surface area contributed by atoms with Crippen LogP contribution < -0.4 is 11.0 Å². The molecule has 3 heterocycles. The van der Waals surface area contributed by atoms with Crippen LogP contribution in [0.25, 0.3) is 16.7 Å². The topological polar surface area (TPSA) is 103 Å². The number of benzene rings is 2. The highest BCUT2D eigenvalue weighted by atomic mass is 32.2. The van der Waals surface area contributed by atoms with E-state index in [0.29, 0.717) is 50.6 Å². The normalized spacial score (nSPS) is 17.3. The van der Waals surface area contributed by atoms with Crippen molar-refractivity contribution < 1.29 is 17.9 Å². The summed E-state index contributed by atoms with van der Waals surface area (Å²) in [5.74, 6) is -0.536. The molecule has 1 N–H and O–H groups in total. The van der Waals surface area contributed by atoms with Crippen LogP contribution in [0.1, 0.15) is 19.4 Å². The minimum atomic E-state index is -4.00. The molecule has 34 heavy (non-hydrogen) atoms. The lowest BCUT2D eigenvalue weighted by molar-refractivity contribution is -0.130. The average Bonchev–Trinajstić information content (AvgIpc) is 3.25. The number of aromatic nitrogens is 2. The van der Waals surface area contributed by atoms with Gasteiger partial charge in [-0.2, -0.15) is 0 Å². The fraction of sp³-hybridized carbons (Fsp3) is 0.333. The largest absolute Gasteiger partial charge is 0.378 e. The summed E-state index contributed by atoms with van der Waals surface area (Å²) in [7, 11) is -4.00. The number of morpholine rings is 1. The zero-order valence-electron chi connectivity index (χ0n) is 19.1. The van der Waals surface area contributed by atoms with Crippen molar-refractivity contribution in [1.29, 1.82) is 0 Å². The van der Waals surface area contributed by atoms with Crippen molar-refractivity contribution in [1.82, 2.24) is 14.0 Å². The Balaban J connectivity index is 1.66. The number of ether oxygens (including phenoxy) is 1. The van der Waals surface area contributed by atoms with E-state index in [2.05, 4.69) is 5.32 Å². The third kappa shape index (κ3) is 3.36. The van der Waals surface area contributed by atoms with Gasteiger partial charge in [-0.05, 0) is 38.1 Å². The second-order valence-electron chi connectivity index (χ2n) is 8.21. The van der Waals surface area contributed by atoms with E-state index >= 15 is 0 Å². The molecule has 1 amide bonds. The van der Waals surface area contributed by atoms with Gasteiger partial charge in [0.15, 0.2) is 4.91 Å². The highest BCUT2D eigenvalue weighted by molar-refractivity contribution is 7.97. The summed E-state index contributed by atoms with van der Waals surface area (Å²) < 4.78 is 35.6. The van der Waals surface area contributed by atoms with E-state index in [4.69, 9.17) is 4.74 Å². The summed E-state index contributed by atoms with van der Waals surface area (Å²) in [6.07, 6.45) is 0. The molecular weight excluding hydrogens is 456 g/mol. The van der Waals surface area contributed by atoms with E-state index in [-0.39, 0.29) is 21.2 Å². The van der Waals surface area contributed by atoms with Gasteiger partial charge >= 0.3 is 5.69 Å². The number of nitrogens with one attached hydrogen (secondary N) is 1. The molecule has 0 aliphatic carbocycles. The fourth-order valence-electron chi connectivity index (χ4n) is 4.68. The van der Waals surface area contributed by atoms with Gasteiger partial charge in [0.05, 0.1) is 34.8 Å². The molecular formula is C24H26N4O5S. The third-order valence-electron chi connectivity index (χ3n) is 6.35. The minimum Gasteiger partial charge on any atom is -0.378 e. The molecule has 0 radical (unpaired) electrons. The number of carbonyl (C=O) groups is 1. The van der Waals surface area contributed by atoms with Crippen molar-refractivity contribution in [2.75, 3.05) is 31.6 Å². The second kappa shape index (κ2) is 8.44. The Bertz CT molecular complexity index is 1490. The van der Waals surface area contributed by atoms with Crippen molar-refractivity contribution in [3.63, 3.8) is 0 Å². The molecule has 10 heteroatoms. The fourth-order valence-corrected chi connectivity index (χ4v) is 6.41. The highest BCUT2D eigenvalue weighted by Gasteiger charge is 2.42. The first-order valence-corrected chi connectivity index (χ1v) is 12.8. The number of hydrogen-bond acceptors (Lipinski definition) is 6. The second-order valence-corrected chi connectivity index (χ2v) is 10.1. The molecule has 5 rings (SSSR count). The van der Waals surface area contributed by atoms with E-state index in [0.717, 1.165) is 11.0 Å². The smallest absolute Gasteiger partial charge is 0.329 e. The zero-order valence-corrected chi connectivity index (χ0v) is 19.9. The summed E-state index contributed by atoms with van der Waals surface area (Å²) in [5, 5.41) is 3.21. The molecule has 2 aromatic carbocycles. The van der Waals surface area contributed by atoms with Gasteiger partial charge in [0.1, 0.15) is 0 Å². The first kappa shape index (κ1) is 22.4. The van der Waals surface area contributed by atoms with Crippen molar-refractivity contribution in [2.45, 2.75) is 31.8 Å². The quantitative estimate of drug-likeness (QED) is 0.599. The Labute approximate surface area is 197 Å². The van der Waals surface area contributed by atoms with Crippen molar-refractivity contribution in [3.8, 4) is 0 Å². The Kier molecular flexibility index (Phi) is 5.57. The predicted octanol–water partition coefficient (Wildman–Crippen LogP) is 2.27. The summed E-state index contributed by atoms with van der Waals surface area (Å²) in [6, 6.07) is 12.1. The molecule has 0 unspecified atom stereocenters. The molecule has 2 aliphatic rings. The Morgan fingerprint density at radius 1 is 1.00 bits per heavy atom. The number of carbonyl (C=O) groups excluding carboxylic acids is 1. The SMILES string of the molecule is CCn1c(=O)n(CC)c2cc(NC3=C(C(=O)N4CCOCC4)S(=O)(=O)c4ccccc43)ccc21. The molecule has 3 aromatic rings. The first-order chi connectivity index (χ1) is 16.4. The monoisotopic (exact) mass is 482 g/mol. The van der Waals surface area contributed by atoms with Crippen LogP contribution in [0.15, 0.2) is 57.1 Å². The number of fused-ring (bicyclic) bond motifs is 2. The lowest BCUT2D eigenvalue weighted by Crippen LogP contribution is -2.42. The minimum absolute atomic E-state index is 0.0895. The molecule has 1 saturated heterocycles. The van der Waals surface area contributed by atoms with Gasteiger partial charge in [-0.15, -0.1) is 0 Å². The van der Waals surface area contributed by atoms with E-state index in [1.807, 2.05) is 26.0 Å². The van der Waals surface area contributed by atoms with Crippen LogP contribution in [-0.2, 0) is 32.5 Å².